The number of ether oxygens (including phenoxy) is 2. The van der Waals surface area contributed by atoms with Gasteiger partial charge in [0.25, 0.3) is 0 Å². The average Bonchev–Trinajstić information content (AvgIpc) is 2.50. The number of aliphatic carboxylic acids is 1. The van der Waals surface area contributed by atoms with E-state index in [1.807, 2.05) is 0 Å². The monoisotopic (exact) mass is 116 g/mol. The number of rotatable bonds is 1. The minimum atomic E-state index is -0.928. The Labute approximate surface area is 45.0 Å². The summed E-state index contributed by atoms with van der Waals surface area (Å²) in [7, 11) is 0. The van der Waals surface area contributed by atoms with Gasteiger partial charge in [0, 0.05) is 0 Å². The maximum absolute atomic E-state index is 10.0. The zero-order valence-corrected chi connectivity index (χ0v) is 3.96. The molecule has 0 radical (unpaired) electrons. The summed E-state index contributed by atoms with van der Waals surface area (Å²) < 4.78 is 9.33. The lowest BCUT2D eigenvalue weighted by molar-refractivity contribution is -0.138. The Morgan fingerprint density at radius 1 is 1.88 bits per heavy atom. The van der Waals surface area contributed by atoms with E-state index in [0.717, 1.165) is 0 Å². The number of carboxylic acids is 1. The van der Waals surface area contributed by atoms with Crippen LogP contribution in [0.1, 0.15) is 0 Å². The van der Waals surface area contributed by atoms with Crippen molar-refractivity contribution >= 4 is 5.97 Å². The molecule has 1 N–H and O–H groups in total. The van der Waals surface area contributed by atoms with E-state index in [-0.39, 0.29) is 0 Å². The van der Waals surface area contributed by atoms with E-state index in [4.69, 9.17) is 5.11 Å². The molecule has 0 amide bonds. The third kappa shape index (κ3) is 0.343. The van der Waals surface area contributed by atoms with Crippen molar-refractivity contribution in [2.45, 2.75) is 11.9 Å². The van der Waals surface area contributed by atoms with Gasteiger partial charge in [-0.1, -0.05) is 0 Å². The highest BCUT2D eigenvalue weighted by molar-refractivity contribution is 5.77. The van der Waals surface area contributed by atoms with Crippen LogP contribution in [0.25, 0.3) is 0 Å². The van der Waals surface area contributed by atoms with Crippen LogP contribution >= 0.6 is 0 Å². The molecule has 44 valence electrons. The molecule has 0 aromatic carbocycles. The van der Waals surface area contributed by atoms with Crippen molar-refractivity contribution in [2.24, 2.45) is 0 Å². The Kier molecular flexibility index (Phi) is 0.480. The number of hydrogen-bond donors (Lipinski definition) is 1. The van der Waals surface area contributed by atoms with E-state index in [1.165, 1.54) is 0 Å². The van der Waals surface area contributed by atoms with Crippen LogP contribution in [-0.2, 0) is 14.3 Å². The van der Waals surface area contributed by atoms with Gasteiger partial charge in [0.15, 0.2) is 0 Å². The molecule has 2 rings (SSSR count). The van der Waals surface area contributed by atoms with E-state index in [9.17, 15) is 4.79 Å². The predicted octanol–water partition coefficient (Wildman–Crippen LogP) is -0.804. The molecule has 2 aliphatic rings. The van der Waals surface area contributed by atoms with Gasteiger partial charge in [-0.15, -0.1) is 0 Å². The maximum atomic E-state index is 10.0. The summed E-state index contributed by atoms with van der Waals surface area (Å²) in [6.07, 6.45) is -0.678. The molecule has 2 aliphatic heterocycles. The lowest BCUT2D eigenvalue weighted by Gasteiger charge is -1.73. The molecule has 0 aliphatic carbocycles. The minimum absolute atomic E-state index is 0.448. The van der Waals surface area contributed by atoms with Gasteiger partial charge in [0.1, 0.15) is 6.61 Å². The Hall–Kier alpha value is -0.610. The summed E-state index contributed by atoms with van der Waals surface area (Å²) in [6, 6.07) is 0. The van der Waals surface area contributed by atoms with Crippen LogP contribution in [0.5, 0.6) is 0 Å². The fraction of sp³-hybridized carbons (Fsp3) is 0.750. The fourth-order valence-electron chi connectivity index (χ4n) is 0.695. The molecule has 2 unspecified atom stereocenters. The molecule has 0 saturated carbocycles. The second-order valence-corrected chi connectivity index (χ2v) is 1.94. The average molecular weight is 116 g/mol. The Bertz CT molecular complexity index is 148. The first-order valence-corrected chi connectivity index (χ1v) is 2.29. The molecular weight excluding hydrogens is 112 g/mol. The first-order chi connectivity index (χ1) is 3.75. The Morgan fingerprint density at radius 2 is 2.50 bits per heavy atom. The molecule has 0 aromatic rings. The van der Waals surface area contributed by atoms with Crippen molar-refractivity contribution in [1.29, 1.82) is 0 Å². The summed E-state index contributed by atoms with van der Waals surface area (Å²) >= 11 is 0. The SMILES string of the molecule is O=C(O)C1OC12CO2. The predicted molar refractivity (Wildman–Crippen MR) is 21.2 cm³/mol. The largest absolute Gasteiger partial charge is 0.479 e. The Morgan fingerprint density at radius 3 is 2.62 bits per heavy atom. The van der Waals surface area contributed by atoms with E-state index in [1.54, 1.807) is 0 Å². The molecule has 4 heteroatoms. The van der Waals surface area contributed by atoms with E-state index in [0.29, 0.717) is 6.61 Å². The van der Waals surface area contributed by atoms with Crippen molar-refractivity contribution in [3.8, 4) is 0 Å². The van der Waals surface area contributed by atoms with Crippen molar-refractivity contribution in [3.63, 3.8) is 0 Å². The highest BCUT2D eigenvalue weighted by atomic mass is 16.9. The molecule has 0 bridgehead atoms. The van der Waals surface area contributed by atoms with Crippen LogP contribution in [0.3, 0.4) is 0 Å². The molecule has 8 heavy (non-hydrogen) atoms. The molecule has 4 nitrogen and oxygen atoms in total. The van der Waals surface area contributed by atoms with Crippen molar-refractivity contribution in [1.82, 2.24) is 0 Å². The van der Waals surface area contributed by atoms with Gasteiger partial charge in [-0.2, -0.15) is 0 Å². The van der Waals surface area contributed by atoms with Gasteiger partial charge in [0.2, 0.25) is 11.9 Å². The van der Waals surface area contributed by atoms with Gasteiger partial charge >= 0.3 is 5.97 Å². The van der Waals surface area contributed by atoms with Crippen molar-refractivity contribution < 1.29 is 19.4 Å². The second kappa shape index (κ2) is 0.897. The van der Waals surface area contributed by atoms with Crippen LogP contribution in [0.15, 0.2) is 0 Å². The molecule has 0 aromatic heterocycles. The van der Waals surface area contributed by atoms with Crippen molar-refractivity contribution in [2.75, 3.05) is 6.61 Å². The summed E-state index contributed by atoms with van der Waals surface area (Å²) in [5, 5.41) is 8.22. The van der Waals surface area contributed by atoms with Gasteiger partial charge in [-0.3, -0.25) is 0 Å². The second-order valence-electron chi connectivity index (χ2n) is 1.94. The molecular formula is C4H4O4. The first-order valence-electron chi connectivity index (χ1n) is 2.29. The summed E-state index contributed by atoms with van der Waals surface area (Å²) in [4.78, 5) is 10.0. The molecule has 2 heterocycles. The molecule has 2 fully saturated rings. The van der Waals surface area contributed by atoms with E-state index >= 15 is 0 Å². The summed E-state index contributed by atoms with van der Waals surface area (Å²) in [5.41, 5.74) is 0. The fourth-order valence-corrected chi connectivity index (χ4v) is 0.695. The van der Waals surface area contributed by atoms with E-state index in [2.05, 4.69) is 9.47 Å². The van der Waals surface area contributed by atoms with Crippen LogP contribution in [0.4, 0.5) is 0 Å². The third-order valence-corrected chi connectivity index (χ3v) is 1.31. The van der Waals surface area contributed by atoms with E-state index < -0.39 is 17.9 Å². The van der Waals surface area contributed by atoms with Crippen molar-refractivity contribution in [3.05, 3.63) is 0 Å². The Balaban J connectivity index is 2.06. The normalized spacial score (nSPS) is 49.2. The lowest BCUT2D eigenvalue weighted by Crippen LogP contribution is -2.08. The molecule has 2 atom stereocenters. The van der Waals surface area contributed by atoms with Crippen LogP contribution in [0, 0.1) is 0 Å². The highest BCUT2D eigenvalue weighted by Gasteiger charge is 2.72. The highest BCUT2D eigenvalue weighted by Crippen LogP contribution is 2.48. The lowest BCUT2D eigenvalue weighted by atomic mass is 10.3. The van der Waals surface area contributed by atoms with Crippen LogP contribution in [-0.4, -0.2) is 29.6 Å². The molecule has 2 saturated heterocycles. The third-order valence-electron chi connectivity index (χ3n) is 1.31. The number of carboxylic acid groups (broad SMARTS) is 1. The standard InChI is InChI=1S/C4H4O4/c5-3(6)2-4(8-2)1-7-4/h2H,1H2,(H,5,6). The summed E-state index contributed by atoms with van der Waals surface area (Å²) in [5.74, 6) is -1.59. The van der Waals surface area contributed by atoms with Gasteiger partial charge in [-0.25, -0.2) is 4.79 Å². The zero-order chi connectivity index (χ0) is 5.78. The van der Waals surface area contributed by atoms with Crippen LogP contribution in [0.2, 0.25) is 0 Å². The maximum Gasteiger partial charge on any atom is 0.338 e. The number of epoxide rings is 2. The molecule has 1 spiro atoms. The van der Waals surface area contributed by atoms with Gasteiger partial charge in [-0.05, 0) is 0 Å². The zero-order valence-electron chi connectivity index (χ0n) is 3.96. The van der Waals surface area contributed by atoms with Gasteiger partial charge in [0.05, 0.1) is 0 Å². The number of hydrogen-bond acceptors (Lipinski definition) is 3. The first kappa shape index (κ1) is 4.29. The topological polar surface area (TPSA) is 62.4 Å². The summed E-state index contributed by atoms with van der Waals surface area (Å²) in [6.45, 7) is 0.448. The van der Waals surface area contributed by atoms with Gasteiger partial charge < -0.3 is 14.6 Å². The smallest absolute Gasteiger partial charge is 0.338 e. The van der Waals surface area contributed by atoms with Crippen LogP contribution < -0.4 is 0 Å². The minimum Gasteiger partial charge on any atom is -0.479 e. The quantitative estimate of drug-likeness (QED) is 0.455. The number of carbonyl (C=O) groups is 1.